The number of sulfonamides is 1. The third-order valence-electron chi connectivity index (χ3n) is 2.85. The maximum absolute atomic E-state index is 13.7. The highest BCUT2D eigenvalue weighted by Crippen LogP contribution is 2.34. The highest BCUT2D eigenvalue weighted by atomic mass is 32.2. The zero-order chi connectivity index (χ0) is 16.5. The van der Waals surface area contributed by atoms with E-state index in [4.69, 9.17) is 0 Å². The minimum Gasteiger partial charge on any atom is -0.277 e. The minimum atomic E-state index is -4.84. The second kappa shape index (κ2) is 5.60. The van der Waals surface area contributed by atoms with E-state index < -0.39 is 38.2 Å². The monoisotopic (exact) mass is 333 g/mol. The number of rotatable bonds is 3. The minimum absolute atomic E-state index is 0.414. The second-order valence-electron chi connectivity index (χ2n) is 4.58. The Morgan fingerprint density at radius 1 is 1.05 bits per heavy atom. The zero-order valence-electron chi connectivity index (χ0n) is 11.3. The van der Waals surface area contributed by atoms with Gasteiger partial charge in [-0.3, -0.25) is 4.72 Å². The van der Waals surface area contributed by atoms with Crippen molar-refractivity contribution in [2.75, 3.05) is 4.72 Å². The fourth-order valence-corrected chi connectivity index (χ4v) is 3.13. The van der Waals surface area contributed by atoms with Gasteiger partial charge in [-0.15, -0.1) is 0 Å². The van der Waals surface area contributed by atoms with Crippen molar-refractivity contribution < 1.29 is 26.0 Å². The standard InChI is InChI=1S/C14H11F4NO2S/c1-9-6-7-12(11(15)8-9)19-22(20,21)13-5-3-2-4-10(13)14(16,17)18/h2-8,19H,1H3. The Morgan fingerprint density at radius 2 is 1.68 bits per heavy atom. The van der Waals surface area contributed by atoms with Crippen LogP contribution < -0.4 is 4.72 Å². The molecule has 2 rings (SSSR count). The summed E-state index contributed by atoms with van der Waals surface area (Å²) in [4.78, 5) is -0.956. The molecule has 22 heavy (non-hydrogen) atoms. The Kier molecular flexibility index (Phi) is 4.15. The van der Waals surface area contributed by atoms with Crippen molar-refractivity contribution in [1.82, 2.24) is 0 Å². The number of aryl methyl sites for hydroxylation is 1. The highest BCUT2D eigenvalue weighted by molar-refractivity contribution is 7.92. The lowest BCUT2D eigenvalue weighted by Gasteiger charge is -2.14. The Labute approximate surface area is 124 Å². The van der Waals surface area contributed by atoms with Gasteiger partial charge in [0.05, 0.1) is 16.1 Å². The van der Waals surface area contributed by atoms with Crippen LogP contribution in [0.5, 0.6) is 0 Å². The number of hydrogen-bond donors (Lipinski definition) is 1. The molecule has 3 nitrogen and oxygen atoms in total. The molecule has 118 valence electrons. The normalized spacial score (nSPS) is 12.2. The van der Waals surface area contributed by atoms with E-state index in [0.29, 0.717) is 11.6 Å². The van der Waals surface area contributed by atoms with Crippen LogP contribution in [0.3, 0.4) is 0 Å². The van der Waals surface area contributed by atoms with Crippen molar-refractivity contribution in [3.63, 3.8) is 0 Å². The van der Waals surface area contributed by atoms with Crippen LogP contribution in [0.1, 0.15) is 11.1 Å². The van der Waals surface area contributed by atoms with Crippen molar-refractivity contribution in [1.29, 1.82) is 0 Å². The van der Waals surface area contributed by atoms with E-state index in [0.717, 1.165) is 30.3 Å². The third kappa shape index (κ3) is 3.38. The van der Waals surface area contributed by atoms with E-state index in [1.807, 2.05) is 4.72 Å². The molecule has 0 amide bonds. The molecule has 0 fully saturated rings. The first-order valence-electron chi connectivity index (χ1n) is 6.06. The smallest absolute Gasteiger partial charge is 0.277 e. The second-order valence-corrected chi connectivity index (χ2v) is 6.23. The van der Waals surface area contributed by atoms with E-state index >= 15 is 0 Å². The number of anilines is 1. The lowest BCUT2D eigenvalue weighted by Crippen LogP contribution is -2.19. The lowest BCUT2D eigenvalue weighted by molar-refractivity contribution is -0.139. The van der Waals surface area contributed by atoms with Crippen LogP contribution in [0.25, 0.3) is 0 Å². The maximum Gasteiger partial charge on any atom is 0.417 e. The molecule has 2 aromatic rings. The molecule has 0 radical (unpaired) electrons. The topological polar surface area (TPSA) is 46.2 Å². The zero-order valence-corrected chi connectivity index (χ0v) is 12.1. The Bertz CT molecular complexity index is 801. The number of nitrogens with one attached hydrogen (secondary N) is 1. The largest absolute Gasteiger partial charge is 0.417 e. The van der Waals surface area contributed by atoms with Gasteiger partial charge in [-0.05, 0) is 36.8 Å². The van der Waals surface area contributed by atoms with E-state index in [-0.39, 0.29) is 0 Å². The number of hydrogen-bond acceptors (Lipinski definition) is 2. The van der Waals surface area contributed by atoms with Crippen molar-refractivity contribution in [2.45, 2.75) is 18.0 Å². The maximum atomic E-state index is 13.7. The summed E-state index contributed by atoms with van der Waals surface area (Å²) in [6.45, 7) is 1.60. The molecule has 0 aliphatic rings. The van der Waals surface area contributed by atoms with Crippen LogP contribution >= 0.6 is 0 Å². The summed E-state index contributed by atoms with van der Waals surface area (Å²) in [5.41, 5.74) is -1.17. The Balaban J connectivity index is 2.48. The van der Waals surface area contributed by atoms with Gasteiger partial charge in [0, 0.05) is 0 Å². The summed E-state index contributed by atoms with van der Waals surface area (Å²) in [6.07, 6.45) is -4.84. The van der Waals surface area contributed by atoms with Crippen LogP contribution in [-0.4, -0.2) is 8.42 Å². The molecule has 0 atom stereocenters. The van der Waals surface area contributed by atoms with Gasteiger partial charge in [-0.2, -0.15) is 13.2 Å². The number of benzene rings is 2. The van der Waals surface area contributed by atoms with Gasteiger partial charge in [-0.1, -0.05) is 18.2 Å². The van der Waals surface area contributed by atoms with Gasteiger partial charge in [0.1, 0.15) is 5.82 Å². The quantitative estimate of drug-likeness (QED) is 0.865. The molecule has 0 saturated heterocycles. The van der Waals surface area contributed by atoms with Crippen LogP contribution in [0.15, 0.2) is 47.4 Å². The summed E-state index contributed by atoms with van der Waals surface area (Å²) in [5, 5.41) is 0. The van der Waals surface area contributed by atoms with Gasteiger partial charge < -0.3 is 0 Å². The van der Waals surface area contributed by atoms with Crippen LogP contribution in [0, 0.1) is 12.7 Å². The van der Waals surface area contributed by atoms with Crippen LogP contribution in [-0.2, 0) is 16.2 Å². The first kappa shape index (κ1) is 16.3. The molecule has 0 unspecified atom stereocenters. The van der Waals surface area contributed by atoms with Gasteiger partial charge in [0.15, 0.2) is 0 Å². The summed E-state index contributed by atoms with van der Waals surface area (Å²) in [6, 6.07) is 7.38. The molecular formula is C14H11F4NO2S. The van der Waals surface area contributed by atoms with E-state index in [1.54, 1.807) is 6.92 Å². The third-order valence-corrected chi connectivity index (χ3v) is 4.27. The van der Waals surface area contributed by atoms with Gasteiger partial charge in [0.25, 0.3) is 10.0 Å². The summed E-state index contributed by atoms with van der Waals surface area (Å²) >= 11 is 0. The van der Waals surface area contributed by atoms with Crippen molar-refractivity contribution in [2.24, 2.45) is 0 Å². The molecule has 0 spiro atoms. The number of halogens is 4. The fraction of sp³-hybridized carbons (Fsp3) is 0.143. The first-order chi connectivity index (χ1) is 10.1. The van der Waals surface area contributed by atoms with Gasteiger partial charge in [-0.25, -0.2) is 12.8 Å². The van der Waals surface area contributed by atoms with Crippen molar-refractivity contribution in [3.8, 4) is 0 Å². The molecule has 0 aliphatic heterocycles. The predicted molar refractivity (Wildman–Crippen MR) is 73.4 cm³/mol. The molecule has 0 saturated carbocycles. The molecule has 1 N–H and O–H groups in total. The Morgan fingerprint density at radius 3 is 2.27 bits per heavy atom. The number of alkyl halides is 3. The van der Waals surface area contributed by atoms with Gasteiger partial charge in [0.2, 0.25) is 0 Å². The lowest BCUT2D eigenvalue weighted by atomic mass is 10.2. The molecule has 0 aromatic heterocycles. The summed E-state index contributed by atoms with van der Waals surface area (Å²) in [5.74, 6) is -0.868. The van der Waals surface area contributed by atoms with Gasteiger partial charge >= 0.3 is 6.18 Å². The molecule has 2 aromatic carbocycles. The molecular weight excluding hydrogens is 322 g/mol. The average Bonchev–Trinajstić information content (AvgIpc) is 2.41. The Hall–Kier alpha value is -2.09. The summed E-state index contributed by atoms with van der Waals surface area (Å²) < 4.78 is 78.4. The average molecular weight is 333 g/mol. The van der Waals surface area contributed by atoms with E-state index in [1.165, 1.54) is 6.07 Å². The molecule has 0 bridgehead atoms. The molecule has 0 heterocycles. The summed E-state index contributed by atoms with van der Waals surface area (Å²) in [7, 11) is -4.57. The van der Waals surface area contributed by atoms with Crippen LogP contribution in [0.2, 0.25) is 0 Å². The van der Waals surface area contributed by atoms with Crippen LogP contribution in [0.4, 0.5) is 23.2 Å². The SMILES string of the molecule is Cc1ccc(NS(=O)(=O)c2ccccc2C(F)(F)F)c(F)c1. The fourth-order valence-electron chi connectivity index (χ4n) is 1.84. The highest BCUT2D eigenvalue weighted by Gasteiger charge is 2.37. The molecule has 0 aliphatic carbocycles. The predicted octanol–water partition coefficient (Wildman–Crippen LogP) is 3.95. The van der Waals surface area contributed by atoms with E-state index in [2.05, 4.69) is 0 Å². The molecule has 8 heteroatoms. The first-order valence-corrected chi connectivity index (χ1v) is 7.55. The van der Waals surface area contributed by atoms with Crippen molar-refractivity contribution >= 4 is 15.7 Å². The van der Waals surface area contributed by atoms with E-state index in [9.17, 15) is 26.0 Å². The van der Waals surface area contributed by atoms with Crippen molar-refractivity contribution in [3.05, 3.63) is 59.4 Å².